The van der Waals surface area contributed by atoms with Crippen molar-refractivity contribution in [2.45, 2.75) is 26.4 Å². The molecule has 1 aliphatic heterocycles. The molecule has 4 rings (SSSR count). The fraction of sp³-hybridized carbons (Fsp3) is 0.250. The van der Waals surface area contributed by atoms with Crippen LogP contribution >= 0.6 is 0 Å². The van der Waals surface area contributed by atoms with Crippen molar-refractivity contribution in [3.05, 3.63) is 58.9 Å². The molecule has 0 saturated heterocycles. The normalized spacial score (nSPS) is 14.1. The van der Waals surface area contributed by atoms with Crippen molar-refractivity contribution in [2.24, 2.45) is 0 Å². The van der Waals surface area contributed by atoms with Crippen molar-refractivity contribution in [2.75, 3.05) is 11.9 Å². The van der Waals surface area contributed by atoms with Crippen LogP contribution in [0.5, 0.6) is 5.75 Å². The number of para-hydroxylation sites is 1. The number of fused-ring (bicyclic) bond motifs is 3. The Morgan fingerprint density at radius 1 is 1.12 bits per heavy atom. The SMILES string of the molecule is CCOc1ccc(-c2nn3c(nc2=O)-c2ccccc2NC3(C)C)cc1. The largest absolute Gasteiger partial charge is 0.494 e. The molecule has 0 fully saturated rings. The topological polar surface area (TPSA) is 69.0 Å². The Morgan fingerprint density at radius 3 is 2.58 bits per heavy atom. The first-order chi connectivity index (χ1) is 12.5. The molecule has 1 aromatic heterocycles. The Bertz CT molecular complexity index is 1020. The Balaban J connectivity index is 1.87. The second-order valence-electron chi connectivity index (χ2n) is 6.69. The monoisotopic (exact) mass is 348 g/mol. The van der Waals surface area contributed by atoms with Crippen molar-refractivity contribution >= 4 is 5.69 Å². The molecule has 3 aromatic rings. The third-order valence-corrected chi connectivity index (χ3v) is 4.39. The van der Waals surface area contributed by atoms with Gasteiger partial charge >= 0.3 is 0 Å². The third-order valence-electron chi connectivity index (χ3n) is 4.39. The van der Waals surface area contributed by atoms with Gasteiger partial charge in [0.2, 0.25) is 0 Å². The molecule has 2 aromatic carbocycles. The molecule has 0 bridgehead atoms. The molecule has 1 N–H and O–H groups in total. The second-order valence-corrected chi connectivity index (χ2v) is 6.69. The highest BCUT2D eigenvalue weighted by Crippen LogP contribution is 2.36. The maximum absolute atomic E-state index is 12.7. The fourth-order valence-electron chi connectivity index (χ4n) is 3.18. The summed E-state index contributed by atoms with van der Waals surface area (Å²) in [6.07, 6.45) is 0. The summed E-state index contributed by atoms with van der Waals surface area (Å²) in [6, 6.07) is 15.1. The third kappa shape index (κ3) is 2.63. The van der Waals surface area contributed by atoms with E-state index in [9.17, 15) is 4.79 Å². The number of anilines is 1. The standard InChI is InChI=1S/C20H20N4O2/c1-4-26-14-11-9-13(10-12-14)17-19(25)21-18-15-7-5-6-8-16(15)22-20(2,3)24(18)23-17/h5-12,22H,4H2,1-3H3. The Labute approximate surface area is 151 Å². The molecule has 132 valence electrons. The zero-order valence-corrected chi connectivity index (χ0v) is 15.0. The number of nitrogens with one attached hydrogen (secondary N) is 1. The molecule has 0 aliphatic carbocycles. The van der Waals surface area contributed by atoms with Gasteiger partial charge in [-0.3, -0.25) is 4.79 Å². The maximum atomic E-state index is 12.7. The summed E-state index contributed by atoms with van der Waals surface area (Å²) in [5.41, 5.74) is 2.01. The molecule has 6 nitrogen and oxygen atoms in total. The lowest BCUT2D eigenvalue weighted by Gasteiger charge is -2.36. The molecular formula is C20H20N4O2. The molecule has 1 aliphatic rings. The van der Waals surface area contributed by atoms with E-state index in [0.29, 0.717) is 18.1 Å². The average Bonchev–Trinajstić information content (AvgIpc) is 2.62. The molecule has 0 saturated carbocycles. The van der Waals surface area contributed by atoms with Gasteiger partial charge in [0, 0.05) is 16.8 Å². The summed E-state index contributed by atoms with van der Waals surface area (Å²) in [7, 11) is 0. The summed E-state index contributed by atoms with van der Waals surface area (Å²) in [5, 5.41) is 8.10. The highest BCUT2D eigenvalue weighted by atomic mass is 16.5. The minimum atomic E-state index is -0.510. The molecular weight excluding hydrogens is 328 g/mol. The van der Waals surface area contributed by atoms with Crippen LogP contribution in [0.15, 0.2) is 53.3 Å². The van der Waals surface area contributed by atoms with Gasteiger partial charge in [0.1, 0.15) is 11.4 Å². The minimum Gasteiger partial charge on any atom is -0.494 e. The quantitative estimate of drug-likeness (QED) is 0.785. The second kappa shape index (κ2) is 5.98. The lowest BCUT2D eigenvalue weighted by atomic mass is 10.1. The number of hydrogen-bond acceptors (Lipinski definition) is 5. The van der Waals surface area contributed by atoms with Gasteiger partial charge in [0.05, 0.1) is 6.61 Å². The Hall–Kier alpha value is -3.15. The van der Waals surface area contributed by atoms with E-state index in [4.69, 9.17) is 4.74 Å². The van der Waals surface area contributed by atoms with Gasteiger partial charge in [-0.15, -0.1) is 0 Å². The summed E-state index contributed by atoms with van der Waals surface area (Å²) >= 11 is 0. The number of ether oxygens (including phenoxy) is 1. The summed E-state index contributed by atoms with van der Waals surface area (Å²) in [5.74, 6) is 1.34. The summed E-state index contributed by atoms with van der Waals surface area (Å²) < 4.78 is 7.24. The number of benzene rings is 2. The van der Waals surface area contributed by atoms with Crippen LogP contribution in [0.25, 0.3) is 22.6 Å². The van der Waals surface area contributed by atoms with E-state index in [1.165, 1.54) is 0 Å². The van der Waals surface area contributed by atoms with Gasteiger partial charge in [-0.2, -0.15) is 10.1 Å². The predicted octanol–water partition coefficient (Wildman–Crippen LogP) is 3.49. The van der Waals surface area contributed by atoms with E-state index in [0.717, 1.165) is 22.6 Å². The highest BCUT2D eigenvalue weighted by Gasteiger charge is 2.32. The maximum Gasteiger partial charge on any atom is 0.300 e. The number of aromatic nitrogens is 3. The number of rotatable bonds is 3. The molecule has 2 heterocycles. The smallest absolute Gasteiger partial charge is 0.300 e. The Kier molecular flexibility index (Phi) is 3.76. The van der Waals surface area contributed by atoms with E-state index in [-0.39, 0.29) is 5.56 Å². The molecule has 26 heavy (non-hydrogen) atoms. The summed E-state index contributed by atoms with van der Waals surface area (Å²) in [4.78, 5) is 17.0. The van der Waals surface area contributed by atoms with Gasteiger partial charge in [0.25, 0.3) is 5.56 Å². The van der Waals surface area contributed by atoms with Crippen LogP contribution in [0.1, 0.15) is 20.8 Å². The number of hydrogen-bond donors (Lipinski definition) is 1. The van der Waals surface area contributed by atoms with Crippen molar-refractivity contribution in [3.63, 3.8) is 0 Å². The first-order valence-electron chi connectivity index (χ1n) is 8.62. The molecule has 0 amide bonds. The van der Waals surface area contributed by atoms with Crippen molar-refractivity contribution in [1.29, 1.82) is 0 Å². The first-order valence-corrected chi connectivity index (χ1v) is 8.62. The highest BCUT2D eigenvalue weighted by molar-refractivity contribution is 5.76. The van der Waals surface area contributed by atoms with Crippen molar-refractivity contribution in [3.8, 4) is 28.4 Å². The van der Waals surface area contributed by atoms with Gasteiger partial charge in [-0.05, 0) is 57.2 Å². The summed E-state index contributed by atoms with van der Waals surface area (Å²) in [6.45, 7) is 6.54. The fourth-order valence-corrected chi connectivity index (χ4v) is 3.18. The van der Waals surface area contributed by atoms with Gasteiger partial charge in [-0.1, -0.05) is 12.1 Å². The van der Waals surface area contributed by atoms with Crippen LogP contribution in [0, 0.1) is 0 Å². The average molecular weight is 348 g/mol. The van der Waals surface area contributed by atoms with Crippen LogP contribution in [-0.4, -0.2) is 21.4 Å². The van der Waals surface area contributed by atoms with Crippen LogP contribution in [0.2, 0.25) is 0 Å². The molecule has 0 unspecified atom stereocenters. The lowest BCUT2D eigenvalue weighted by Crippen LogP contribution is -2.42. The van der Waals surface area contributed by atoms with Gasteiger partial charge in [-0.25, -0.2) is 4.68 Å². The minimum absolute atomic E-state index is 0.325. The molecule has 6 heteroatoms. The van der Waals surface area contributed by atoms with Crippen LogP contribution in [0.3, 0.4) is 0 Å². The van der Waals surface area contributed by atoms with Crippen molar-refractivity contribution in [1.82, 2.24) is 14.8 Å². The van der Waals surface area contributed by atoms with Gasteiger partial charge < -0.3 is 10.1 Å². The van der Waals surface area contributed by atoms with E-state index in [1.807, 2.05) is 69.3 Å². The molecule has 0 radical (unpaired) electrons. The van der Waals surface area contributed by atoms with E-state index in [1.54, 1.807) is 4.68 Å². The van der Waals surface area contributed by atoms with Crippen LogP contribution in [-0.2, 0) is 5.66 Å². The Morgan fingerprint density at radius 2 is 1.85 bits per heavy atom. The van der Waals surface area contributed by atoms with Crippen molar-refractivity contribution < 1.29 is 4.74 Å². The predicted molar refractivity (Wildman–Crippen MR) is 101 cm³/mol. The molecule has 0 spiro atoms. The molecule has 0 atom stereocenters. The van der Waals surface area contributed by atoms with E-state index in [2.05, 4.69) is 15.4 Å². The first kappa shape index (κ1) is 16.3. The zero-order valence-electron chi connectivity index (χ0n) is 15.0. The lowest BCUT2D eigenvalue weighted by molar-refractivity contribution is 0.340. The zero-order chi connectivity index (χ0) is 18.3. The number of nitrogens with zero attached hydrogens (tertiary/aromatic N) is 3. The van der Waals surface area contributed by atoms with Crippen LogP contribution < -0.4 is 15.6 Å². The van der Waals surface area contributed by atoms with E-state index < -0.39 is 5.66 Å². The van der Waals surface area contributed by atoms with Crippen LogP contribution in [0.4, 0.5) is 5.69 Å². The van der Waals surface area contributed by atoms with Gasteiger partial charge in [0.15, 0.2) is 11.5 Å². The van der Waals surface area contributed by atoms with E-state index >= 15 is 0 Å².